The van der Waals surface area contributed by atoms with Gasteiger partial charge in [0, 0.05) is 25.7 Å². The van der Waals surface area contributed by atoms with E-state index in [4.69, 9.17) is 5.73 Å². The summed E-state index contributed by atoms with van der Waals surface area (Å²) >= 11 is 0. The standard InChI is InChI=1S/C11H23N3O/c1-9-4-7-14(8-5-9)11(15)13-6-3-10(2)12/h9-10H,3-8,12H2,1-2H3,(H,13,15). The quantitative estimate of drug-likeness (QED) is 0.739. The number of urea groups is 1. The predicted molar refractivity (Wildman–Crippen MR) is 61.6 cm³/mol. The lowest BCUT2D eigenvalue weighted by Gasteiger charge is -2.30. The van der Waals surface area contributed by atoms with Crippen molar-refractivity contribution in [2.45, 2.75) is 39.2 Å². The van der Waals surface area contributed by atoms with Gasteiger partial charge in [0.25, 0.3) is 0 Å². The van der Waals surface area contributed by atoms with E-state index in [0.717, 1.165) is 38.3 Å². The smallest absolute Gasteiger partial charge is 0.317 e. The molecule has 4 nitrogen and oxygen atoms in total. The van der Waals surface area contributed by atoms with Crippen LogP contribution >= 0.6 is 0 Å². The molecule has 0 radical (unpaired) electrons. The molecule has 0 aliphatic carbocycles. The first-order chi connectivity index (χ1) is 7.09. The predicted octanol–water partition coefficient (Wildman–Crippen LogP) is 1.17. The van der Waals surface area contributed by atoms with Gasteiger partial charge in [0.05, 0.1) is 0 Å². The lowest BCUT2D eigenvalue weighted by molar-refractivity contribution is 0.174. The number of rotatable bonds is 3. The van der Waals surface area contributed by atoms with Crippen LogP contribution in [-0.4, -0.2) is 36.6 Å². The van der Waals surface area contributed by atoms with Crippen LogP contribution in [0.2, 0.25) is 0 Å². The minimum absolute atomic E-state index is 0.0718. The molecule has 1 unspecified atom stereocenters. The SMILES string of the molecule is CC(N)CCNC(=O)N1CCC(C)CC1. The summed E-state index contributed by atoms with van der Waals surface area (Å²) in [6, 6.07) is 0.231. The second kappa shape index (κ2) is 5.95. The van der Waals surface area contributed by atoms with Gasteiger partial charge in [-0.3, -0.25) is 0 Å². The number of piperidine rings is 1. The second-order valence-corrected chi connectivity index (χ2v) is 4.67. The normalized spacial score (nSPS) is 20.1. The molecule has 0 aromatic rings. The van der Waals surface area contributed by atoms with Crippen LogP contribution in [-0.2, 0) is 0 Å². The third-order valence-electron chi connectivity index (χ3n) is 2.95. The van der Waals surface area contributed by atoms with Gasteiger partial charge in [-0.1, -0.05) is 6.92 Å². The lowest BCUT2D eigenvalue weighted by atomic mass is 10.00. The van der Waals surface area contributed by atoms with Gasteiger partial charge in [-0.05, 0) is 32.1 Å². The average Bonchev–Trinajstić information content (AvgIpc) is 2.18. The Hall–Kier alpha value is -0.770. The fourth-order valence-electron chi connectivity index (χ4n) is 1.73. The van der Waals surface area contributed by atoms with Crippen molar-refractivity contribution in [3.8, 4) is 0 Å². The summed E-state index contributed by atoms with van der Waals surface area (Å²) in [6.45, 7) is 6.67. The number of nitrogens with one attached hydrogen (secondary N) is 1. The molecule has 1 fully saturated rings. The molecule has 0 bridgehead atoms. The number of carbonyl (C=O) groups excluding carboxylic acids is 1. The largest absolute Gasteiger partial charge is 0.338 e. The highest BCUT2D eigenvalue weighted by molar-refractivity contribution is 5.74. The summed E-state index contributed by atoms with van der Waals surface area (Å²) < 4.78 is 0. The van der Waals surface area contributed by atoms with Crippen molar-refractivity contribution in [1.29, 1.82) is 0 Å². The van der Waals surface area contributed by atoms with Crippen molar-refractivity contribution in [2.75, 3.05) is 19.6 Å². The van der Waals surface area contributed by atoms with Crippen LogP contribution in [0.1, 0.15) is 33.1 Å². The first-order valence-corrected chi connectivity index (χ1v) is 5.88. The van der Waals surface area contributed by atoms with Crippen molar-refractivity contribution in [2.24, 2.45) is 11.7 Å². The number of likely N-dealkylation sites (tertiary alicyclic amines) is 1. The van der Waals surface area contributed by atoms with E-state index < -0.39 is 0 Å². The molecule has 1 saturated heterocycles. The molecule has 0 spiro atoms. The number of amides is 2. The summed E-state index contributed by atoms with van der Waals surface area (Å²) in [6.07, 6.45) is 3.09. The van der Waals surface area contributed by atoms with Crippen LogP contribution in [0.3, 0.4) is 0 Å². The minimum Gasteiger partial charge on any atom is -0.338 e. The molecule has 3 N–H and O–H groups in total. The third kappa shape index (κ3) is 4.51. The number of hydrogen-bond donors (Lipinski definition) is 2. The van der Waals surface area contributed by atoms with E-state index in [1.54, 1.807) is 0 Å². The van der Waals surface area contributed by atoms with Crippen LogP contribution in [0.5, 0.6) is 0 Å². The first-order valence-electron chi connectivity index (χ1n) is 5.88. The average molecular weight is 213 g/mol. The number of nitrogens with zero attached hydrogens (tertiary/aromatic N) is 1. The highest BCUT2D eigenvalue weighted by atomic mass is 16.2. The maximum atomic E-state index is 11.7. The molecule has 0 aromatic heterocycles. The Morgan fingerprint density at radius 1 is 1.53 bits per heavy atom. The van der Waals surface area contributed by atoms with Crippen molar-refractivity contribution < 1.29 is 4.79 Å². The van der Waals surface area contributed by atoms with Gasteiger partial charge in [0.1, 0.15) is 0 Å². The fraction of sp³-hybridized carbons (Fsp3) is 0.909. The van der Waals surface area contributed by atoms with Crippen LogP contribution in [0.25, 0.3) is 0 Å². The minimum atomic E-state index is 0.0718. The van der Waals surface area contributed by atoms with Crippen LogP contribution in [0.4, 0.5) is 4.79 Å². The summed E-state index contributed by atoms with van der Waals surface area (Å²) in [5.74, 6) is 0.762. The molecular formula is C11H23N3O. The van der Waals surface area contributed by atoms with Crippen molar-refractivity contribution in [3.63, 3.8) is 0 Å². The zero-order valence-electron chi connectivity index (χ0n) is 9.83. The Labute approximate surface area is 92.2 Å². The molecule has 1 heterocycles. The number of carbonyl (C=O) groups is 1. The first kappa shape index (κ1) is 12.3. The van der Waals surface area contributed by atoms with Gasteiger partial charge in [-0.2, -0.15) is 0 Å². The fourth-order valence-corrected chi connectivity index (χ4v) is 1.73. The van der Waals surface area contributed by atoms with Gasteiger partial charge < -0.3 is 16.0 Å². The third-order valence-corrected chi connectivity index (χ3v) is 2.95. The highest BCUT2D eigenvalue weighted by Gasteiger charge is 2.19. The van der Waals surface area contributed by atoms with Gasteiger partial charge in [0.15, 0.2) is 0 Å². The van der Waals surface area contributed by atoms with E-state index in [1.165, 1.54) is 0 Å². The Balaban J connectivity index is 2.17. The molecule has 4 heteroatoms. The van der Waals surface area contributed by atoms with Gasteiger partial charge in [-0.25, -0.2) is 4.79 Å². The monoisotopic (exact) mass is 213 g/mol. The molecule has 0 aromatic carbocycles. The van der Waals surface area contributed by atoms with Gasteiger partial charge in [0.2, 0.25) is 0 Å². The molecule has 88 valence electrons. The van der Waals surface area contributed by atoms with Crippen molar-refractivity contribution >= 4 is 6.03 Å². The van der Waals surface area contributed by atoms with Crippen molar-refractivity contribution in [1.82, 2.24) is 10.2 Å². The Bertz CT molecular complexity index is 198. The summed E-state index contributed by atoms with van der Waals surface area (Å²) in [5, 5.41) is 2.91. The Morgan fingerprint density at radius 2 is 2.13 bits per heavy atom. The van der Waals surface area contributed by atoms with E-state index >= 15 is 0 Å². The number of hydrogen-bond acceptors (Lipinski definition) is 2. The van der Waals surface area contributed by atoms with Crippen LogP contribution in [0.15, 0.2) is 0 Å². The highest BCUT2D eigenvalue weighted by Crippen LogP contribution is 2.15. The lowest BCUT2D eigenvalue weighted by Crippen LogP contribution is -2.44. The molecule has 1 rings (SSSR count). The molecule has 2 amide bonds. The summed E-state index contributed by atoms with van der Waals surface area (Å²) in [5.41, 5.74) is 5.61. The molecule has 0 saturated carbocycles. The van der Waals surface area contributed by atoms with Gasteiger partial charge in [-0.15, -0.1) is 0 Å². The van der Waals surface area contributed by atoms with Crippen molar-refractivity contribution in [3.05, 3.63) is 0 Å². The zero-order valence-corrected chi connectivity index (χ0v) is 9.83. The van der Waals surface area contributed by atoms with E-state index in [1.807, 2.05) is 11.8 Å². The second-order valence-electron chi connectivity index (χ2n) is 4.67. The Morgan fingerprint density at radius 3 is 2.67 bits per heavy atom. The van der Waals surface area contributed by atoms with E-state index in [9.17, 15) is 4.79 Å². The molecule has 1 aliphatic rings. The van der Waals surface area contributed by atoms with Gasteiger partial charge >= 0.3 is 6.03 Å². The summed E-state index contributed by atoms with van der Waals surface area (Å²) in [4.78, 5) is 13.6. The molecule has 15 heavy (non-hydrogen) atoms. The maximum Gasteiger partial charge on any atom is 0.317 e. The number of nitrogens with two attached hydrogens (primary N) is 1. The van der Waals surface area contributed by atoms with Crippen LogP contribution < -0.4 is 11.1 Å². The van der Waals surface area contributed by atoms with Crippen LogP contribution in [0, 0.1) is 5.92 Å². The topological polar surface area (TPSA) is 58.4 Å². The molecule has 1 atom stereocenters. The molecule has 1 aliphatic heterocycles. The summed E-state index contributed by atoms with van der Waals surface area (Å²) in [7, 11) is 0. The molecular weight excluding hydrogens is 190 g/mol. The Kier molecular flexibility index (Phi) is 4.88. The van der Waals surface area contributed by atoms with E-state index in [-0.39, 0.29) is 12.1 Å². The van der Waals surface area contributed by atoms with E-state index in [2.05, 4.69) is 12.2 Å². The zero-order chi connectivity index (χ0) is 11.3. The van der Waals surface area contributed by atoms with E-state index in [0.29, 0.717) is 6.54 Å². The maximum absolute atomic E-state index is 11.7.